The van der Waals surface area contributed by atoms with Crippen LogP contribution in [0.1, 0.15) is 119 Å². The van der Waals surface area contributed by atoms with Crippen molar-refractivity contribution in [1.29, 1.82) is 0 Å². The van der Waals surface area contributed by atoms with E-state index in [9.17, 15) is 4.79 Å². The van der Waals surface area contributed by atoms with Crippen molar-refractivity contribution < 1.29 is 12.8 Å². The Morgan fingerprint density at radius 2 is 1.04 bits per heavy atom. The Bertz CT molecular complexity index is 252. The van der Waals surface area contributed by atoms with Gasteiger partial charge in [-0.05, 0) is 13.3 Å². The largest absolute Gasteiger partial charge is 2.00 e. The monoisotopic (exact) mass is 368 g/mol. The van der Waals surface area contributed by atoms with Crippen LogP contribution >= 0.6 is 0 Å². The number of rotatable bonds is 16. The molecule has 0 aromatic rings. The number of hydrogen-bond acceptors (Lipinski definition) is 1. The normalized spacial score (nSPS) is 9.58. The molecule has 0 aliphatic heterocycles. The number of carbonyl (C=O) groups is 1. The van der Waals surface area contributed by atoms with Crippen LogP contribution in [-0.4, -0.2) is 48.8 Å². The van der Waals surface area contributed by atoms with Crippen LogP contribution in [0.2, 0.25) is 0 Å². The van der Waals surface area contributed by atoms with Crippen LogP contribution in [-0.2, 0) is 4.79 Å². The maximum atomic E-state index is 10.3. The summed E-state index contributed by atoms with van der Waals surface area (Å²) in [6, 6.07) is 0. The van der Waals surface area contributed by atoms with Gasteiger partial charge in [0.15, 0.2) is 0 Å². The molecule has 2 nitrogen and oxygen atoms in total. The van der Waals surface area contributed by atoms with Gasteiger partial charge < -0.3 is 7.96 Å². The Labute approximate surface area is 184 Å². The topological polar surface area (TPSA) is 37.3 Å². The first-order valence-corrected chi connectivity index (χ1v) is 9.97. The third-order valence-corrected chi connectivity index (χ3v) is 3.99. The summed E-state index contributed by atoms with van der Waals surface area (Å²) in [6.07, 6.45) is 21.9. The molecule has 1 N–H and O–H groups in total. The van der Waals surface area contributed by atoms with Crippen LogP contribution in [0.5, 0.6) is 0 Å². The van der Waals surface area contributed by atoms with Gasteiger partial charge in [-0.3, -0.25) is 4.79 Å². The second kappa shape index (κ2) is 28.3. The summed E-state index contributed by atoms with van der Waals surface area (Å²) in [6.45, 7) is 7.52. The fourth-order valence-corrected chi connectivity index (χ4v) is 2.65. The number of hydrogen-bond donors (Lipinski definition) is 1. The first-order chi connectivity index (χ1) is 11.2. The average Bonchev–Trinajstić information content (AvgIpc) is 2.51. The molecule has 3 heteroatoms. The maximum Gasteiger partial charge on any atom is 2.00 e. The standard InChI is InChI=1S/C18H36O2.C3H6.Ca.2H/c1-2-3-4-5-6-7-8-9-10-11-12-13-14-15-16-17-18(19)20;1-3-2;;;/h2-17H2,1H3,(H,19,20);3H,1H2,2H3;;;/q;;+2;2*-1. The first-order valence-electron chi connectivity index (χ1n) is 9.97. The number of allylic oxidation sites excluding steroid dienone is 1. The molecule has 0 rings (SSSR count). The van der Waals surface area contributed by atoms with E-state index in [2.05, 4.69) is 13.5 Å². The number of carboxylic acid groups (broad SMARTS) is 1. The van der Waals surface area contributed by atoms with Gasteiger partial charge in [-0.25, -0.2) is 0 Å². The second-order valence-corrected chi connectivity index (χ2v) is 6.50. The van der Waals surface area contributed by atoms with E-state index in [-0.39, 0.29) is 40.6 Å². The van der Waals surface area contributed by atoms with E-state index in [1.54, 1.807) is 6.08 Å². The molecule has 0 spiro atoms. The summed E-state index contributed by atoms with van der Waals surface area (Å²) in [7, 11) is 0. The molecule has 0 aliphatic rings. The van der Waals surface area contributed by atoms with E-state index in [1.807, 2.05) is 6.92 Å². The summed E-state index contributed by atoms with van der Waals surface area (Å²) in [5.41, 5.74) is 0. The number of unbranched alkanes of at least 4 members (excludes halogenated alkanes) is 14. The predicted octanol–water partition coefficient (Wildman–Crippen LogP) is 7.37. The number of carboxylic acids is 1. The number of aliphatic carboxylic acids is 1. The van der Waals surface area contributed by atoms with Gasteiger partial charge in [0.25, 0.3) is 0 Å². The van der Waals surface area contributed by atoms with Gasteiger partial charge in [0.05, 0.1) is 0 Å². The molecular weight excluding hydrogens is 324 g/mol. The van der Waals surface area contributed by atoms with Gasteiger partial charge in [-0.15, -0.1) is 6.58 Å². The van der Waals surface area contributed by atoms with Crippen LogP contribution in [0.25, 0.3) is 0 Å². The third kappa shape index (κ3) is 33.9. The van der Waals surface area contributed by atoms with Gasteiger partial charge >= 0.3 is 43.7 Å². The summed E-state index contributed by atoms with van der Waals surface area (Å²) in [5.74, 6) is -0.653. The molecule has 0 unspecified atom stereocenters. The van der Waals surface area contributed by atoms with Crippen molar-refractivity contribution in [3.8, 4) is 0 Å². The van der Waals surface area contributed by atoms with Crippen LogP contribution in [0.4, 0.5) is 0 Å². The Balaban J connectivity index is -0.000000228. The van der Waals surface area contributed by atoms with E-state index in [4.69, 9.17) is 5.11 Å². The minimum absolute atomic E-state index is 0. The summed E-state index contributed by atoms with van der Waals surface area (Å²) >= 11 is 0. The van der Waals surface area contributed by atoms with Gasteiger partial charge in [0, 0.05) is 6.42 Å². The van der Waals surface area contributed by atoms with Crippen molar-refractivity contribution in [2.75, 3.05) is 0 Å². The van der Waals surface area contributed by atoms with Crippen LogP contribution in [0, 0.1) is 0 Å². The van der Waals surface area contributed by atoms with Crippen LogP contribution in [0.15, 0.2) is 12.7 Å². The Kier molecular flexibility index (Phi) is 34.5. The zero-order chi connectivity index (χ0) is 17.6. The SMILES string of the molecule is C=CC.CCCCCCCCCCCCCCCCCC(=O)O.[Ca+2].[H-].[H-]. The maximum absolute atomic E-state index is 10.3. The van der Waals surface area contributed by atoms with E-state index < -0.39 is 5.97 Å². The molecule has 0 atom stereocenters. The van der Waals surface area contributed by atoms with Gasteiger partial charge in [0.2, 0.25) is 0 Å². The molecule has 24 heavy (non-hydrogen) atoms. The van der Waals surface area contributed by atoms with Crippen molar-refractivity contribution in [3.63, 3.8) is 0 Å². The fraction of sp³-hybridized carbons (Fsp3) is 0.857. The molecule has 0 aliphatic carbocycles. The van der Waals surface area contributed by atoms with Gasteiger partial charge in [-0.1, -0.05) is 103 Å². The summed E-state index contributed by atoms with van der Waals surface area (Å²) in [4.78, 5) is 10.3. The molecule has 0 aromatic heterocycles. The van der Waals surface area contributed by atoms with Crippen molar-refractivity contribution in [1.82, 2.24) is 0 Å². The molecule has 0 aromatic carbocycles. The molecule has 0 amide bonds. The predicted molar refractivity (Wildman–Crippen MR) is 111 cm³/mol. The first kappa shape index (κ1) is 29.2. The fourth-order valence-electron chi connectivity index (χ4n) is 2.65. The molecule has 0 saturated heterocycles. The zero-order valence-electron chi connectivity index (χ0n) is 18.7. The summed E-state index contributed by atoms with van der Waals surface area (Å²) in [5, 5.41) is 8.52. The molecule has 0 saturated carbocycles. The molecular formula is C21H44CaO2. The molecule has 0 heterocycles. The van der Waals surface area contributed by atoms with Crippen molar-refractivity contribution >= 4 is 43.7 Å². The van der Waals surface area contributed by atoms with Crippen molar-refractivity contribution in [2.45, 2.75) is 117 Å². The second-order valence-electron chi connectivity index (χ2n) is 6.50. The molecule has 0 fully saturated rings. The van der Waals surface area contributed by atoms with E-state index >= 15 is 0 Å². The molecule has 0 radical (unpaired) electrons. The smallest absolute Gasteiger partial charge is 1.00 e. The van der Waals surface area contributed by atoms with Crippen LogP contribution < -0.4 is 0 Å². The third-order valence-electron chi connectivity index (χ3n) is 3.99. The quantitative estimate of drug-likeness (QED) is 0.175. The van der Waals surface area contributed by atoms with Crippen LogP contribution in [0.3, 0.4) is 0 Å². The Morgan fingerprint density at radius 1 is 0.792 bits per heavy atom. The molecule has 142 valence electrons. The van der Waals surface area contributed by atoms with Crippen molar-refractivity contribution in [3.05, 3.63) is 12.7 Å². The minimum atomic E-state index is -0.653. The average molecular weight is 369 g/mol. The van der Waals surface area contributed by atoms with E-state index in [1.165, 1.54) is 83.5 Å². The van der Waals surface area contributed by atoms with E-state index in [0.717, 1.165) is 12.8 Å². The van der Waals surface area contributed by atoms with Gasteiger partial charge in [-0.2, -0.15) is 0 Å². The van der Waals surface area contributed by atoms with Crippen molar-refractivity contribution in [2.24, 2.45) is 0 Å². The minimum Gasteiger partial charge on any atom is -1.00 e. The summed E-state index contributed by atoms with van der Waals surface area (Å²) < 4.78 is 0. The Hall–Kier alpha value is 0.470. The molecule has 0 bridgehead atoms. The Morgan fingerprint density at radius 3 is 1.29 bits per heavy atom. The zero-order valence-corrected chi connectivity index (χ0v) is 18.9. The van der Waals surface area contributed by atoms with Gasteiger partial charge in [0.1, 0.15) is 0 Å². The van der Waals surface area contributed by atoms with E-state index in [0.29, 0.717) is 6.42 Å².